The quantitative estimate of drug-likeness (QED) is 0.711. The van der Waals surface area contributed by atoms with Crippen LogP contribution in [0.1, 0.15) is 6.92 Å². The number of pyridine rings is 1. The van der Waals surface area contributed by atoms with Crippen molar-refractivity contribution in [3.8, 4) is 5.75 Å². The number of hydrogen-bond donors (Lipinski definition) is 2. The Labute approximate surface area is 88.6 Å². The van der Waals surface area contributed by atoms with Gasteiger partial charge in [-0.15, -0.1) is 0 Å². The molecule has 0 aromatic carbocycles. The highest BCUT2D eigenvalue weighted by Gasteiger charge is 2.13. The molecule has 5 nitrogen and oxygen atoms in total. The van der Waals surface area contributed by atoms with Gasteiger partial charge in [0.05, 0.1) is 6.20 Å². The molecule has 1 aromatic rings. The molecular weight excluding hydrogens is 194 g/mol. The summed E-state index contributed by atoms with van der Waals surface area (Å²) in [5.41, 5.74) is 5.26. The number of carbonyl (C=O) groups is 1. The van der Waals surface area contributed by atoms with Crippen molar-refractivity contribution in [3.63, 3.8) is 0 Å². The molecule has 82 valence electrons. The first-order valence-electron chi connectivity index (χ1n) is 4.78. The second kappa shape index (κ2) is 5.98. The summed E-state index contributed by atoms with van der Waals surface area (Å²) in [6, 6.07) is 3.50. The lowest BCUT2D eigenvalue weighted by Crippen LogP contribution is -2.38. The van der Waals surface area contributed by atoms with Gasteiger partial charge >= 0.3 is 0 Å². The molecule has 1 rings (SSSR count). The average Bonchev–Trinajstić information content (AvgIpc) is 2.27. The maximum absolute atomic E-state index is 11.4. The fraction of sp³-hybridized carbons (Fsp3) is 0.400. The van der Waals surface area contributed by atoms with Crippen LogP contribution in [-0.2, 0) is 4.79 Å². The summed E-state index contributed by atoms with van der Waals surface area (Å²) in [5.74, 6) is 0.400. The van der Waals surface area contributed by atoms with Crippen molar-refractivity contribution in [2.45, 2.75) is 13.0 Å². The summed E-state index contributed by atoms with van der Waals surface area (Å²) in [5, 5.41) is 2.64. The van der Waals surface area contributed by atoms with E-state index in [0.717, 1.165) is 0 Å². The maximum atomic E-state index is 11.4. The molecule has 0 fully saturated rings. The molecule has 1 heterocycles. The third kappa shape index (κ3) is 3.95. The molecule has 0 spiro atoms. The van der Waals surface area contributed by atoms with Crippen molar-refractivity contribution < 1.29 is 9.53 Å². The van der Waals surface area contributed by atoms with Gasteiger partial charge in [0.25, 0.3) is 5.91 Å². The van der Waals surface area contributed by atoms with Gasteiger partial charge in [0.15, 0.2) is 6.10 Å². The molecule has 0 aliphatic rings. The van der Waals surface area contributed by atoms with E-state index in [1.54, 1.807) is 31.5 Å². The molecule has 0 aliphatic heterocycles. The van der Waals surface area contributed by atoms with Crippen LogP contribution in [0, 0.1) is 0 Å². The highest BCUT2D eigenvalue weighted by Crippen LogP contribution is 2.08. The van der Waals surface area contributed by atoms with Crippen LogP contribution < -0.4 is 15.8 Å². The second-order valence-corrected chi connectivity index (χ2v) is 3.03. The first-order chi connectivity index (χ1) is 7.24. The molecule has 1 amide bonds. The van der Waals surface area contributed by atoms with Gasteiger partial charge in [-0.25, -0.2) is 0 Å². The second-order valence-electron chi connectivity index (χ2n) is 3.03. The number of aromatic nitrogens is 1. The molecule has 0 aliphatic carbocycles. The predicted octanol–water partition coefficient (Wildman–Crippen LogP) is -0.0762. The van der Waals surface area contributed by atoms with E-state index < -0.39 is 6.10 Å². The lowest BCUT2D eigenvalue weighted by atomic mass is 10.3. The molecule has 1 aromatic heterocycles. The molecule has 15 heavy (non-hydrogen) atoms. The lowest BCUT2D eigenvalue weighted by molar-refractivity contribution is -0.127. The largest absolute Gasteiger partial charge is 0.479 e. The van der Waals surface area contributed by atoms with Crippen LogP contribution in [0.3, 0.4) is 0 Å². The summed E-state index contributed by atoms with van der Waals surface area (Å²) in [7, 11) is 0. The number of carbonyl (C=O) groups excluding carboxylic acids is 1. The molecule has 5 heteroatoms. The van der Waals surface area contributed by atoms with E-state index in [9.17, 15) is 4.79 Å². The van der Waals surface area contributed by atoms with Gasteiger partial charge < -0.3 is 15.8 Å². The van der Waals surface area contributed by atoms with Crippen molar-refractivity contribution in [2.75, 3.05) is 13.1 Å². The van der Waals surface area contributed by atoms with Gasteiger partial charge in [-0.2, -0.15) is 0 Å². The van der Waals surface area contributed by atoms with Gasteiger partial charge in [-0.3, -0.25) is 9.78 Å². The molecule has 0 bridgehead atoms. The zero-order valence-corrected chi connectivity index (χ0v) is 8.64. The number of rotatable bonds is 5. The number of ether oxygens (including phenoxy) is 1. The average molecular weight is 209 g/mol. The summed E-state index contributed by atoms with van der Waals surface area (Å²) in [6.07, 6.45) is 2.67. The molecular formula is C10H15N3O2. The number of amides is 1. The van der Waals surface area contributed by atoms with Crippen molar-refractivity contribution >= 4 is 5.91 Å². The highest BCUT2D eigenvalue weighted by atomic mass is 16.5. The van der Waals surface area contributed by atoms with Crippen molar-refractivity contribution in [3.05, 3.63) is 24.5 Å². The van der Waals surface area contributed by atoms with Crippen LogP contribution in [0.5, 0.6) is 5.75 Å². The Balaban J connectivity index is 2.41. The molecule has 0 saturated carbocycles. The van der Waals surface area contributed by atoms with Crippen LogP contribution in [0.15, 0.2) is 24.5 Å². The van der Waals surface area contributed by atoms with Crippen molar-refractivity contribution in [2.24, 2.45) is 5.73 Å². The first-order valence-corrected chi connectivity index (χ1v) is 4.78. The number of nitrogens with zero attached hydrogens (tertiary/aromatic N) is 1. The summed E-state index contributed by atoms with van der Waals surface area (Å²) < 4.78 is 5.36. The van der Waals surface area contributed by atoms with Crippen LogP contribution in [0.4, 0.5) is 0 Å². The third-order valence-corrected chi connectivity index (χ3v) is 1.76. The monoisotopic (exact) mass is 209 g/mol. The van der Waals surface area contributed by atoms with E-state index in [2.05, 4.69) is 10.3 Å². The van der Waals surface area contributed by atoms with Crippen molar-refractivity contribution in [1.82, 2.24) is 10.3 Å². The Morgan fingerprint density at radius 3 is 3.13 bits per heavy atom. The van der Waals surface area contributed by atoms with Gasteiger partial charge in [0.1, 0.15) is 5.75 Å². The minimum atomic E-state index is -0.541. The number of nitrogens with two attached hydrogens (primary N) is 1. The predicted molar refractivity (Wildman–Crippen MR) is 56.4 cm³/mol. The normalized spacial score (nSPS) is 11.9. The fourth-order valence-electron chi connectivity index (χ4n) is 1.01. The van der Waals surface area contributed by atoms with Gasteiger partial charge in [-0.1, -0.05) is 0 Å². The Hall–Kier alpha value is -1.62. The van der Waals surface area contributed by atoms with Gasteiger partial charge in [0, 0.05) is 19.3 Å². The molecule has 1 unspecified atom stereocenters. The van der Waals surface area contributed by atoms with E-state index in [1.807, 2.05) is 0 Å². The van der Waals surface area contributed by atoms with E-state index in [1.165, 1.54) is 0 Å². The Bertz CT molecular complexity index is 303. The molecule has 0 saturated heterocycles. The molecule has 3 N–H and O–H groups in total. The standard InChI is InChI=1S/C10H15N3O2/c1-8(10(14)13-6-4-11)15-9-3-2-5-12-7-9/h2-3,5,7-8H,4,6,11H2,1H3,(H,13,14). The zero-order chi connectivity index (χ0) is 11.1. The van der Waals surface area contributed by atoms with Crippen LogP contribution in [0.25, 0.3) is 0 Å². The van der Waals surface area contributed by atoms with Crippen LogP contribution >= 0.6 is 0 Å². The summed E-state index contributed by atoms with van der Waals surface area (Å²) >= 11 is 0. The van der Waals surface area contributed by atoms with Gasteiger partial charge in [-0.05, 0) is 19.1 Å². The van der Waals surface area contributed by atoms with Crippen molar-refractivity contribution in [1.29, 1.82) is 0 Å². The Morgan fingerprint density at radius 1 is 1.73 bits per heavy atom. The van der Waals surface area contributed by atoms with E-state index in [4.69, 9.17) is 10.5 Å². The summed E-state index contributed by atoms with van der Waals surface area (Å²) in [4.78, 5) is 15.3. The summed E-state index contributed by atoms with van der Waals surface area (Å²) in [6.45, 7) is 2.56. The number of nitrogens with one attached hydrogen (secondary N) is 1. The SMILES string of the molecule is CC(Oc1cccnc1)C(=O)NCCN. The molecule has 1 atom stereocenters. The topological polar surface area (TPSA) is 77.2 Å². The van der Waals surface area contributed by atoms with E-state index >= 15 is 0 Å². The minimum Gasteiger partial charge on any atom is -0.479 e. The third-order valence-electron chi connectivity index (χ3n) is 1.76. The first kappa shape index (κ1) is 11.5. The van der Waals surface area contributed by atoms with Gasteiger partial charge in [0.2, 0.25) is 0 Å². The lowest BCUT2D eigenvalue weighted by Gasteiger charge is -2.13. The minimum absolute atomic E-state index is 0.177. The zero-order valence-electron chi connectivity index (χ0n) is 8.64. The maximum Gasteiger partial charge on any atom is 0.260 e. The molecule has 0 radical (unpaired) electrons. The Morgan fingerprint density at radius 2 is 2.53 bits per heavy atom. The van der Waals surface area contributed by atoms with Crippen LogP contribution in [0.2, 0.25) is 0 Å². The number of hydrogen-bond acceptors (Lipinski definition) is 4. The highest BCUT2D eigenvalue weighted by molar-refractivity contribution is 5.80. The smallest absolute Gasteiger partial charge is 0.260 e. The van der Waals surface area contributed by atoms with Crippen LogP contribution in [-0.4, -0.2) is 30.1 Å². The van der Waals surface area contributed by atoms with E-state index in [-0.39, 0.29) is 5.91 Å². The fourth-order valence-corrected chi connectivity index (χ4v) is 1.01. The Kier molecular flexibility index (Phi) is 4.56. The van der Waals surface area contributed by atoms with E-state index in [0.29, 0.717) is 18.8 Å².